The van der Waals surface area contributed by atoms with E-state index in [0.29, 0.717) is 11.5 Å². The van der Waals surface area contributed by atoms with Crippen molar-refractivity contribution in [1.82, 2.24) is 10.0 Å². The highest BCUT2D eigenvalue weighted by molar-refractivity contribution is 7.91. The topological polar surface area (TPSA) is 93.7 Å². The lowest BCUT2D eigenvalue weighted by Crippen LogP contribution is -2.36. The molecule has 2 rings (SSSR count). The van der Waals surface area contributed by atoms with E-state index in [1.807, 2.05) is 0 Å². The maximum Gasteiger partial charge on any atom is 0.257 e. The molecule has 1 aromatic carbocycles. The van der Waals surface area contributed by atoms with E-state index in [0.717, 1.165) is 11.3 Å². The summed E-state index contributed by atoms with van der Waals surface area (Å²) in [6.45, 7) is 0.0808. The summed E-state index contributed by atoms with van der Waals surface area (Å²) in [6.07, 6.45) is 0. The molecule has 0 fully saturated rings. The van der Waals surface area contributed by atoms with Gasteiger partial charge in [-0.25, -0.2) is 13.1 Å². The van der Waals surface area contributed by atoms with Crippen molar-refractivity contribution in [3.8, 4) is 11.5 Å². The Hall–Kier alpha value is -2.10. The second-order valence-corrected chi connectivity index (χ2v) is 7.56. The Morgan fingerprint density at radius 1 is 1.12 bits per heavy atom. The molecule has 2 aromatic rings. The molecule has 24 heavy (non-hydrogen) atoms. The maximum absolute atomic E-state index is 11.9. The average molecular weight is 370 g/mol. The molecule has 1 heterocycles. The fourth-order valence-electron chi connectivity index (χ4n) is 1.81. The largest absolute Gasteiger partial charge is 0.493 e. The van der Waals surface area contributed by atoms with Crippen LogP contribution in [-0.4, -0.2) is 41.1 Å². The lowest BCUT2D eigenvalue weighted by Gasteiger charge is -2.10. The fourth-order valence-corrected chi connectivity index (χ4v) is 3.88. The van der Waals surface area contributed by atoms with Crippen LogP contribution in [0.25, 0.3) is 0 Å². The summed E-state index contributed by atoms with van der Waals surface area (Å²) in [5.41, 5.74) is 0. The van der Waals surface area contributed by atoms with Crippen LogP contribution in [0.5, 0.6) is 11.5 Å². The summed E-state index contributed by atoms with van der Waals surface area (Å²) in [6, 6.07) is 10.2. The van der Waals surface area contributed by atoms with E-state index < -0.39 is 10.0 Å². The Labute approximate surface area is 144 Å². The molecule has 130 valence electrons. The third-order valence-electron chi connectivity index (χ3n) is 2.93. The van der Waals surface area contributed by atoms with Crippen LogP contribution < -0.4 is 19.5 Å². The van der Waals surface area contributed by atoms with Gasteiger partial charge in [0.25, 0.3) is 5.91 Å². The highest BCUT2D eigenvalue weighted by atomic mass is 32.2. The SMILES string of the molecule is COc1ccccc1OCC(=O)NCCNS(=O)(=O)c1cccs1. The molecular weight excluding hydrogens is 352 g/mol. The number of sulfonamides is 1. The minimum absolute atomic E-state index is 0.0978. The summed E-state index contributed by atoms with van der Waals surface area (Å²) < 4.78 is 36.9. The van der Waals surface area contributed by atoms with Crippen LogP contribution in [0.3, 0.4) is 0 Å². The molecule has 1 amide bonds. The molecule has 1 aromatic heterocycles. The van der Waals surface area contributed by atoms with Crippen molar-refractivity contribution in [3.63, 3.8) is 0 Å². The Morgan fingerprint density at radius 2 is 1.88 bits per heavy atom. The average Bonchev–Trinajstić information content (AvgIpc) is 3.12. The van der Waals surface area contributed by atoms with Gasteiger partial charge in [0.2, 0.25) is 10.0 Å². The summed E-state index contributed by atoms with van der Waals surface area (Å²) in [5, 5.41) is 4.27. The van der Waals surface area contributed by atoms with Crippen molar-refractivity contribution in [1.29, 1.82) is 0 Å². The second-order valence-electron chi connectivity index (χ2n) is 4.62. The predicted octanol–water partition coefficient (Wildman–Crippen LogP) is 1.23. The summed E-state index contributed by atoms with van der Waals surface area (Å²) in [7, 11) is -1.99. The Balaban J connectivity index is 1.70. The number of hydrogen-bond donors (Lipinski definition) is 2. The standard InChI is InChI=1S/C15H18N2O5S2/c1-21-12-5-2-3-6-13(12)22-11-14(18)16-8-9-17-24(19,20)15-7-4-10-23-15/h2-7,10,17H,8-9,11H2,1H3,(H,16,18). The van der Waals surface area contributed by atoms with Gasteiger partial charge in [-0.15, -0.1) is 11.3 Å². The number of carbonyl (C=O) groups excluding carboxylic acids is 1. The maximum atomic E-state index is 11.9. The van der Waals surface area contributed by atoms with Gasteiger partial charge in [0.05, 0.1) is 7.11 Å². The first-order chi connectivity index (χ1) is 11.5. The van der Waals surface area contributed by atoms with Crippen LogP contribution in [0.1, 0.15) is 0 Å². The number of hydrogen-bond acceptors (Lipinski definition) is 6. The molecule has 0 radical (unpaired) electrons. The number of nitrogens with one attached hydrogen (secondary N) is 2. The van der Waals surface area contributed by atoms with Crippen molar-refractivity contribution in [3.05, 3.63) is 41.8 Å². The van der Waals surface area contributed by atoms with Crippen LogP contribution in [0, 0.1) is 0 Å². The minimum atomic E-state index is -3.51. The van der Waals surface area contributed by atoms with E-state index in [9.17, 15) is 13.2 Å². The number of amides is 1. The number of benzene rings is 1. The predicted molar refractivity (Wildman–Crippen MR) is 91.0 cm³/mol. The van der Waals surface area contributed by atoms with E-state index in [-0.39, 0.29) is 29.8 Å². The summed E-state index contributed by atoms with van der Waals surface area (Å²) >= 11 is 1.13. The van der Waals surface area contributed by atoms with Gasteiger partial charge in [-0.2, -0.15) is 0 Å². The van der Waals surface area contributed by atoms with Gasteiger partial charge in [0.15, 0.2) is 18.1 Å². The van der Waals surface area contributed by atoms with Crippen molar-refractivity contribution in [2.75, 3.05) is 26.8 Å². The van der Waals surface area contributed by atoms with Crippen LogP contribution in [0.4, 0.5) is 0 Å². The van der Waals surface area contributed by atoms with E-state index in [1.54, 1.807) is 35.7 Å². The Morgan fingerprint density at radius 3 is 2.54 bits per heavy atom. The summed E-state index contributed by atoms with van der Waals surface area (Å²) in [4.78, 5) is 11.7. The molecule has 0 aliphatic carbocycles. The molecule has 2 N–H and O–H groups in total. The highest BCUT2D eigenvalue weighted by Gasteiger charge is 2.14. The second kappa shape index (κ2) is 8.67. The van der Waals surface area contributed by atoms with Gasteiger partial charge < -0.3 is 14.8 Å². The van der Waals surface area contributed by atoms with Gasteiger partial charge in [-0.1, -0.05) is 18.2 Å². The van der Waals surface area contributed by atoms with Crippen LogP contribution in [0.2, 0.25) is 0 Å². The monoisotopic (exact) mass is 370 g/mol. The normalized spacial score (nSPS) is 11.0. The van der Waals surface area contributed by atoms with Crippen LogP contribution in [0.15, 0.2) is 46.0 Å². The molecule has 9 heteroatoms. The van der Waals surface area contributed by atoms with Gasteiger partial charge in [0, 0.05) is 13.1 Å². The zero-order chi connectivity index (χ0) is 17.4. The fraction of sp³-hybridized carbons (Fsp3) is 0.267. The van der Waals surface area contributed by atoms with E-state index in [1.165, 1.54) is 13.2 Å². The Bertz CT molecular complexity index is 760. The lowest BCUT2D eigenvalue weighted by molar-refractivity contribution is -0.123. The minimum Gasteiger partial charge on any atom is -0.493 e. The summed E-state index contributed by atoms with van der Waals surface area (Å²) in [5.74, 6) is 0.652. The zero-order valence-corrected chi connectivity index (χ0v) is 14.7. The molecular formula is C15H18N2O5S2. The molecule has 0 unspecified atom stereocenters. The number of para-hydroxylation sites is 2. The number of ether oxygens (including phenoxy) is 2. The van der Waals surface area contributed by atoms with Crippen LogP contribution >= 0.6 is 11.3 Å². The van der Waals surface area contributed by atoms with E-state index in [2.05, 4.69) is 10.0 Å². The van der Waals surface area contributed by atoms with Crippen molar-refractivity contribution < 1.29 is 22.7 Å². The molecule has 0 aliphatic rings. The van der Waals surface area contributed by atoms with Crippen LogP contribution in [-0.2, 0) is 14.8 Å². The first-order valence-corrected chi connectivity index (χ1v) is 9.45. The quantitative estimate of drug-likeness (QED) is 0.648. The van der Waals surface area contributed by atoms with E-state index >= 15 is 0 Å². The van der Waals surface area contributed by atoms with Crippen molar-refractivity contribution in [2.45, 2.75) is 4.21 Å². The molecule has 7 nitrogen and oxygen atoms in total. The molecule has 0 saturated heterocycles. The third kappa shape index (κ3) is 5.22. The first kappa shape index (κ1) is 18.2. The van der Waals surface area contributed by atoms with Gasteiger partial charge in [-0.05, 0) is 23.6 Å². The number of carbonyl (C=O) groups is 1. The smallest absolute Gasteiger partial charge is 0.257 e. The number of thiophene rings is 1. The zero-order valence-electron chi connectivity index (χ0n) is 13.0. The molecule has 0 atom stereocenters. The van der Waals surface area contributed by atoms with Gasteiger partial charge in [-0.3, -0.25) is 4.79 Å². The molecule has 0 aliphatic heterocycles. The lowest BCUT2D eigenvalue weighted by atomic mass is 10.3. The molecule has 0 bridgehead atoms. The molecule has 0 spiro atoms. The van der Waals surface area contributed by atoms with Crippen molar-refractivity contribution in [2.24, 2.45) is 0 Å². The first-order valence-electron chi connectivity index (χ1n) is 7.08. The van der Waals surface area contributed by atoms with Gasteiger partial charge in [0.1, 0.15) is 4.21 Å². The third-order valence-corrected chi connectivity index (χ3v) is 5.79. The van der Waals surface area contributed by atoms with E-state index in [4.69, 9.17) is 9.47 Å². The number of methoxy groups -OCH3 is 1. The number of rotatable bonds is 9. The van der Waals surface area contributed by atoms with Crippen molar-refractivity contribution >= 4 is 27.3 Å². The van der Waals surface area contributed by atoms with Gasteiger partial charge >= 0.3 is 0 Å². The highest BCUT2D eigenvalue weighted by Crippen LogP contribution is 2.25. The Kier molecular flexibility index (Phi) is 6.59. The molecule has 0 saturated carbocycles.